The smallest absolute Gasteiger partial charge is 0.227 e. The number of allylic oxidation sites excluding steroid dienone is 2. The molecule has 0 amide bonds. The Bertz CT molecular complexity index is 505. The van der Waals surface area contributed by atoms with Crippen LogP contribution >= 0.6 is 0 Å². The average Bonchev–Trinajstić information content (AvgIpc) is 2.47. The summed E-state index contributed by atoms with van der Waals surface area (Å²) in [5, 5.41) is 3.35. The van der Waals surface area contributed by atoms with E-state index in [1.54, 1.807) is 0 Å². The largest absolute Gasteiger partial charge is 0.490 e. The summed E-state index contributed by atoms with van der Waals surface area (Å²) in [7, 11) is 0. The SMILES string of the molecule is O=C(C1=CCCCO1)c1cccc2c1CCCN2. The predicted molar refractivity (Wildman–Crippen MR) is 70.9 cm³/mol. The Kier molecular flexibility index (Phi) is 3.05. The van der Waals surface area contributed by atoms with E-state index in [1.807, 2.05) is 24.3 Å². The lowest BCUT2D eigenvalue weighted by molar-refractivity contribution is 0.0898. The Morgan fingerprint density at radius 1 is 1.28 bits per heavy atom. The standard InChI is InChI=1S/C15H17NO2/c17-15(14-8-1-2-10-18-14)12-5-3-7-13-11(12)6-4-9-16-13/h3,5,7-8,16H,1-2,4,6,9-10H2. The van der Waals surface area contributed by atoms with Gasteiger partial charge in [0.05, 0.1) is 6.61 Å². The van der Waals surface area contributed by atoms with Gasteiger partial charge in [0.1, 0.15) is 0 Å². The molecule has 2 heterocycles. The van der Waals surface area contributed by atoms with Gasteiger partial charge in [-0.05, 0) is 43.4 Å². The molecule has 2 aliphatic rings. The number of carbonyl (C=O) groups excluding carboxylic acids is 1. The maximum absolute atomic E-state index is 12.5. The van der Waals surface area contributed by atoms with Gasteiger partial charge in [0.2, 0.25) is 5.78 Å². The van der Waals surface area contributed by atoms with Crippen molar-refractivity contribution in [3.63, 3.8) is 0 Å². The topological polar surface area (TPSA) is 38.3 Å². The van der Waals surface area contributed by atoms with Crippen LogP contribution in [0.15, 0.2) is 30.0 Å². The fraction of sp³-hybridized carbons (Fsp3) is 0.400. The van der Waals surface area contributed by atoms with Gasteiger partial charge in [0.25, 0.3) is 0 Å². The number of Topliss-reactive ketones (excluding diaryl/α,β-unsaturated/α-hetero) is 1. The van der Waals surface area contributed by atoms with E-state index >= 15 is 0 Å². The lowest BCUT2D eigenvalue weighted by atomic mass is 9.94. The van der Waals surface area contributed by atoms with Gasteiger partial charge in [-0.15, -0.1) is 0 Å². The molecule has 1 aromatic carbocycles. The molecule has 0 saturated heterocycles. The summed E-state index contributed by atoms with van der Waals surface area (Å²) in [6.45, 7) is 1.65. The van der Waals surface area contributed by atoms with Crippen LogP contribution in [0.5, 0.6) is 0 Å². The molecule has 0 aromatic heterocycles. The summed E-state index contributed by atoms with van der Waals surface area (Å²) in [4.78, 5) is 12.5. The van der Waals surface area contributed by atoms with E-state index in [0.717, 1.165) is 49.0 Å². The number of rotatable bonds is 2. The van der Waals surface area contributed by atoms with Gasteiger partial charge >= 0.3 is 0 Å². The predicted octanol–water partition coefficient (Wildman–Crippen LogP) is 2.92. The minimum absolute atomic E-state index is 0.0373. The van der Waals surface area contributed by atoms with Crippen LogP contribution < -0.4 is 5.32 Å². The zero-order valence-corrected chi connectivity index (χ0v) is 10.4. The zero-order valence-electron chi connectivity index (χ0n) is 10.4. The summed E-state index contributed by atoms with van der Waals surface area (Å²) in [6.07, 6.45) is 5.91. The van der Waals surface area contributed by atoms with Crippen molar-refractivity contribution in [3.8, 4) is 0 Å². The van der Waals surface area contributed by atoms with Crippen LogP contribution in [0, 0.1) is 0 Å². The van der Waals surface area contributed by atoms with Crippen molar-refractivity contribution in [1.82, 2.24) is 0 Å². The molecule has 2 aliphatic heterocycles. The van der Waals surface area contributed by atoms with Crippen molar-refractivity contribution < 1.29 is 9.53 Å². The Morgan fingerprint density at radius 3 is 3.06 bits per heavy atom. The molecule has 1 aromatic rings. The third kappa shape index (κ3) is 2.01. The minimum Gasteiger partial charge on any atom is -0.490 e. The van der Waals surface area contributed by atoms with Crippen molar-refractivity contribution >= 4 is 11.5 Å². The normalized spacial score (nSPS) is 18.1. The monoisotopic (exact) mass is 243 g/mol. The molecule has 18 heavy (non-hydrogen) atoms. The third-order valence-electron chi connectivity index (χ3n) is 3.50. The van der Waals surface area contributed by atoms with Gasteiger partial charge in [-0.25, -0.2) is 0 Å². The molecule has 0 unspecified atom stereocenters. The fourth-order valence-corrected chi connectivity index (χ4v) is 2.57. The van der Waals surface area contributed by atoms with E-state index in [4.69, 9.17) is 4.74 Å². The molecule has 3 nitrogen and oxygen atoms in total. The van der Waals surface area contributed by atoms with Gasteiger partial charge in [0.15, 0.2) is 5.76 Å². The molecule has 94 valence electrons. The quantitative estimate of drug-likeness (QED) is 0.812. The summed E-state index contributed by atoms with van der Waals surface area (Å²) >= 11 is 0. The average molecular weight is 243 g/mol. The number of hydrogen-bond donors (Lipinski definition) is 1. The van der Waals surface area contributed by atoms with E-state index in [0.29, 0.717) is 12.4 Å². The van der Waals surface area contributed by atoms with Gasteiger partial charge < -0.3 is 10.1 Å². The zero-order chi connectivity index (χ0) is 12.4. The van der Waals surface area contributed by atoms with Crippen molar-refractivity contribution in [3.05, 3.63) is 41.2 Å². The first kappa shape index (κ1) is 11.3. The van der Waals surface area contributed by atoms with Gasteiger partial charge in [-0.3, -0.25) is 4.79 Å². The summed E-state index contributed by atoms with van der Waals surface area (Å²) < 4.78 is 5.48. The van der Waals surface area contributed by atoms with Crippen LogP contribution in [0.2, 0.25) is 0 Å². The number of ketones is 1. The van der Waals surface area contributed by atoms with E-state index in [2.05, 4.69) is 5.32 Å². The van der Waals surface area contributed by atoms with Crippen LogP contribution in [-0.2, 0) is 11.2 Å². The minimum atomic E-state index is 0.0373. The van der Waals surface area contributed by atoms with E-state index in [9.17, 15) is 4.79 Å². The molecule has 0 radical (unpaired) electrons. The van der Waals surface area contributed by atoms with Gasteiger partial charge in [-0.1, -0.05) is 12.1 Å². The Hall–Kier alpha value is -1.77. The number of hydrogen-bond acceptors (Lipinski definition) is 3. The number of carbonyl (C=O) groups is 1. The highest BCUT2D eigenvalue weighted by atomic mass is 16.5. The van der Waals surface area contributed by atoms with Crippen LogP contribution in [0.25, 0.3) is 0 Å². The van der Waals surface area contributed by atoms with Crippen molar-refractivity contribution in [2.24, 2.45) is 0 Å². The summed E-state index contributed by atoms with van der Waals surface area (Å²) in [6, 6.07) is 5.89. The summed E-state index contributed by atoms with van der Waals surface area (Å²) in [5.41, 5.74) is 3.04. The van der Waals surface area contributed by atoms with Crippen LogP contribution in [0.3, 0.4) is 0 Å². The number of benzene rings is 1. The molecule has 3 heteroatoms. The molecular formula is C15H17NO2. The number of ether oxygens (including phenoxy) is 1. The molecule has 0 atom stereocenters. The second-order valence-electron chi connectivity index (χ2n) is 4.75. The molecule has 3 rings (SSSR count). The first-order valence-corrected chi connectivity index (χ1v) is 6.59. The lowest BCUT2D eigenvalue weighted by Crippen LogP contribution is -2.18. The van der Waals surface area contributed by atoms with Crippen molar-refractivity contribution in [2.45, 2.75) is 25.7 Å². The Balaban J connectivity index is 1.96. The van der Waals surface area contributed by atoms with Crippen molar-refractivity contribution in [1.29, 1.82) is 0 Å². The first-order chi connectivity index (χ1) is 8.86. The maximum Gasteiger partial charge on any atom is 0.227 e. The van der Waals surface area contributed by atoms with Crippen LogP contribution in [0.1, 0.15) is 35.2 Å². The third-order valence-corrected chi connectivity index (χ3v) is 3.50. The highest BCUT2D eigenvalue weighted by molar-refractivity contribution is 6.09. The Labute approximate surface area is 107 Å². The number of fused-ring (bicyclic) bond motifs is 1. The highest BCUT2D eigenvalue weighted by Gasteiger charge is 2.21. The molecule has 0 fully saturated rings. The number of nitrogens with one attached hydrogen (secondary N) is 1. The van der Waals surface area contributed by atoms with Crippen LogP contribution in [0.4, 0.5) is 5.69 Å². The molecule has 0 bridgehead atoms. The highest BCUT2D eigenvalue weighted by Crippen LogP contribution is 2.27. The fourth-order valence-electron chi connectivity index (χ4n) is 2.57. The maximum atomic E-state index is 12.5. The van der Waals surface area contributed by atoms with Crippen molar-refractivity contribution in [2.75, 3.05) is 18.5 Å². The molecule has 0 saturated carbocycles. The van der Waals surface area contributed by atoms with E-state index < -0.39 is 0 Å². The Morgan fingerprint density at radius 2 is 2.22 bits per heavy atom. The molecule has 0 spiro atoms. The van der Waals surface area contributed by atoms with E-state index in [1.165, 1.54) is 0 Å². The lowest BCUT2D eigenvalue weighted by Gasteiger charge is -2.21. The van der Waals surface area contributed by atoms with E-state index in [-0.39, 0.29) is 5.78 Å². The molecule has 1 N–H and O–H groups in total. The second kappa shape index (κ2) is 4.84. The second-order valence-corrected chi connectivity index (χ2v) is 4.75. The number of anilines is 1. The molecular weight excluding hydrogens is 226 g/mol. The van der Waals surface area contributed by atoms with Gasteiger partial charge in [0, 0.05) is 17.8 Å². The van der Waals surface area contributed by atoms with Gasteiger partial charge in [-0.2, -0.15) is 0 Å². The van der Waals surface area contributed by atoms with Crippen LogP contribution in [-0.4, -0.2) is 18.9 Å². The summed E-state index contributed by atoms with van der Waals surface area (Å²) in [5.74, 6) is 0.565. The molecule has 0 aliphatic carbocycles. The first-order valence-electron chi connectivity index (χ1n) is 6.59.